The Labute approximate surface area is 128 Å². The van der Waals surface area contributed by atoms with Gasteiger partial charge in [-0.05, 0) is 25.0 Å². The minimum atomic E-state index is -0.983. The Morgan fingerprint density at radius 1 is 1.27 bits per heavy atom. The topological polar surface area (TPSA) is 76.1 Å². The van der Waals surface area contributed by atoms with Crippen molar-refractivity contribution in [1.82, 2.24) is 4.90 Å². The highest BCUT2D eigenvalue weighted by Gasteiger charge is 2.28. The van der Waals surface area contributed by atoms with Gasteiger partial charge in [0.2, 0.25) is 5.91 Å². The molecular formula is C16H19NO5. The quantitative estimate of drug-likeness (QED) is 0.897. The Bertz CT molecular complexity index is 580. The number of carboxylic acid groups (broad SMARTS) is 1. The van der Waals surface area contributed by atoms with Crippen molar-refractivity contribution in [2.75, 3.05) is 26.4 Å². The van der Waals surface area contributed by atoms with E-state index in [1.54, 1.807) is 17.0 Å². The summed E-state index contributed by atoms with van der Waals surface area (Å²) in [6.07, 6.45) is 1.78. The number of aromatic carboxylic acids is 1. The highest BCUT2D eigenvalue weighted by atomic mass is 16.5. The van der Waals surface area contributed by atoms with Gasteiger partial charge in [-0.15, -0.1) is 0 Å². The van der Waals surface area contributed by atoms with Gasteiger partial charge in [-0.2, -0.15) is 0 Å². The zero-order valence-electron chi connectivity index (χ0n) is 12.3. The van der Waals surface area contributed by atoms with Crippen LogP contribution in [0.2, 0.25) is 0 Å². The molecule has 0 unspecified atom stereocenters. The van der Waals surface area contributed by atoms with E-state index in [1.807, 2.05) is 0 Å². The molecule has 1 N–H and O–H groups in total. The number of benzene rings is 1. The molecule has 1 aromatic carbocycles. The van der Waals surface area contributed by atoms with Crippen LogP contribution in [0.3, 0.4) is 0 Å². The van der Waals surface area contributed by atoms with E-state index in [9.17, 15) is 9.59 Å². The van der Waals surface area contributed by atoms with Crippen molar-refractivity contribution in [3.8, 4) is 5.75 Å². The van der Waals surface area contributed by atoms with Gasteiger partial charge in [-0.25, -0.2) is 4.79 Å². The van der Waals surface area contributed by atoms with Gasteiger partial charge in [0.1, 0.15) is 12.4 Å². The minimum Gasteiger partial charge on any atom is -0.491 e. The minimum absolute atomic E-state index is 0.0754. The zero-order chi connectivity index (χ0) is 15.5. The SMILES string of the molecule is O=C(O)c1ccc2c(c1)OCCN(C(=O)[C@H]1CCCOC1)C2. The van der Waals surface area contributed by atoms with E-state index in [-0.39, 0.29) is 17.4 Å². The molecule has 118 valence electrons. The van der Waals surface area contributed by atoms with E-state index in [0.29, 0.717) is 32.1 Å². The molecule has 0 saturated carbocycles. The predicted molar refractivity (Wildman–Crippen MR) is 77.9 cm³/mol. The van der Waals surface area contributed by atoms with Gasteiger partial charge in [0.15, 0.2) is 0 Å². The molecule has 2 heterocycles. The fourth-order valence-corrected chi connectivity index (χ4v) is 2.88. The summed E-state index contributed by atoms with van der Waals surface area (Å²) < 4.78 is 11.0. The normalized spacial score (nSPS) is 21.5. The lowest BCUT2D eigenvalue weighted by Gasteiger charge is -2.28. The summed E-state index contributed by atoms with van der Waals surface area (Å²) in [5.41, 5.74) is 1.03. The fourth-order valence-electron chi connectivity index (χ4n) is 2.88. The van der Waals surface area contributed by atoms with Crippen LogP contribution in [0.5, 0.6) is 5.75 Å². The van der Waals surface area contributed by atoms with Crippen molar-refractivity contribution in [3.05, 3.63) is 29.3 Å². The molecular weight excluding hydrogens is 286 g/mol. The molecule has 3 rings (SSSR count). The van der Waals surface area contributed by atoms with Crippen LogP contribution in [0.1, 0.15) is 28.8 Å². The maximum Gasteiger partial charge on any atom is 0.335 e. The van der Waals surface area contributed by atoms with Gasteiger partial charge in [0.05, 0.1) is 24.6 Å². The molecule has 1 aromatic rings. The van der Waals surface area contributed by atoms with Crippen molar-refractivity contribution < 1.29 is 24.2 Å². The average molecular weight is 305 g/mol. The first-order valence-electron chi connectivity index (χ1n) is 7.50. The summed E-state index contributed by atoms with van der Waals surface area (Å²) in [6, 6.07) is 4.79. The third kappa shape index (κ3) is 3.06. The standard InChI is InChI=1S/C16H19NO5/c18-15(13-2-1-6-21-10-13)17-5-7-22-14-8-11(16(19)20)3-4-12(14)9-17/h3-4,8,13H,1-2,5-7,9-10H2,(H,19,20)/t13-/m0/s1. The van der Waals surface area contributed by atoms with Gasteiger partial charge >= 0.3 is 5.97 Å². The van der Waals surface area contributed by atoms with Crippen molar-refractivity contribution in [1.29, 1.82) is 0 Å². The van der Waals surface area contributed by atoms with E-state index in [1.165, 1.54) is 6.07 Å². The van der Waals surface area contributed by atoms with Crippen LogP contribution in [0.15, 0.2) is 18.2 Å². The largest absolute Gasteiger partial charge is 0.491 e. The summed E-state index contributed by atoms with van der Waals surface area (Å²) in [7, 11) is 0. The summed E-state index contributed by atoms with van der Waals surface area (Å²) >= 11 is 0. The third-order valence-electron chi connectivity index (χ3n) is 4.12. The summed E-state index contributed by atoms with van der Waals surface area (Å²) in [5.74, 6) is -0.412. The first kappa shape index (κ1) is 14.8. The lowest BCUT2D eigenvalue weighted by molar-refractivity contribution is -0.140. The molecule has 0 radical (unpaired) electrons. The number of carbonyl (C=O) groups excluding carboxylic acids is 1. The highest BCUT2D eigenvalue weighted by Crippen LogP contribution is 2.26. The number of nitrogens with zero attached hydrogens (tertiary/aromatic N) is 1. The molecule has 22 heavy (non-hydrogen) atoms. The molecule has 0 spiro atoms. The predicted octanol–water partition coefficient (Wildman–Crippen LogP) is 1.53. The monoisotopic (exact) mass is 305 g/mol. The van der Waals surface area contributed by atoms with Crippen LogP contribution in [0, 0.1) is 5.92 Å². The molecule has 1 atom stereocenters. The molecule has 2 aliphatic heterocycles. The van der Waals surface area contributed by atoms with E-state index >= 15 is 0 Å². The summed E-state index contributed by atoms with van der Waals surface area (Å²) in [5, 5.41) is 9.03. The second-order valence-corrected chi connectivity index (χ2v) is 5.65. The molecule has 1 saturated heterocycles. The number of hydrogen-bond donors (Lipinski definition) is 1. The van der Waals surface area contributed by atoms with Gasteiger partial charge in [-0.3, -0.25) is 4.79 Å². The Kier molecular flexibility index (Phi) is 4.29. The average Bonchev–Trinajstić information content (AvgIpc) is 2.76. The zero-order valence-corrected chi connectivity index (χ0v) is 12.3. The Hall–Kier alpha value is -2.08. The van der Waals surface area contributed by atoms with Gasteiger partial charge < -0.3 is 19.5 Å². The third-order valence-corrected chi connectivity index (χ3v) is 4.12. The van der Waals surface area contributed by atoms with E-state index in [4.69, 9.17) is 14.6 Å². The van der Waals surface area contributed by atoms with Crippen molar-refractivity contribution in [2.24, 2.45) is 5.92 Å². The summed E-state index contributed by atoms with van der Waals surface area (Å²) in [4.78, 5) is 25.4. The number of rotatable bonds is 2. The molecule has 0 aliphatic carbocycles. The lowest BCUT2D eigenvalue weighted by Crippen LogP contribution is -2.40. The number of carbonyl (C=O) groups is 2. The number of fused-ring (bicyclic) bond motifs is 1. The first-order valence-corrected chi connectivity index (χ1v) is 7.50. The lowest BCUT2D eigenvalue weighted by atomic mass is 10.00. The number of carboxylic acids is 1. The van der Waals surface area contributed by atoms with Crippen LogP contribution in [0.4, 0.5) is 0 Å². The second-order valence-electron chi connectivity index (χ2n) is 5.65. The van der Waals surface area contributed by atoms with Crippen molar-refractivity contribution >= 4 is 11.9 Å². The Morgan fingerprint density at radius 3 is 2.86 bits per heavy atom. The van der Waals surface area contributed by atoms with Gasteiger partial charge in [-0.1, -0.05) is 6.07 Å². The van der Waals surface area contributed by atoms with Crippen LogP contribution < -0.4 is 4.74 Å². The Morgan fingerprint density at radius 2 is 2.14 bits per heavy atom. The number of ether oxygens (including phenoxy) is 2. The van der Waals surface area contributed by atoms with Crippen LogP contribution in [-0.4, -0.2) is 48.2 Å². The highest BCUT2D eigenvalue weighted by molar-refractivity contribution is 5.88. The smallest absolute Gasteiger partial charge is 0.335 e. The summed E-state index contributed by atoms with van der Waals surface area (Å²) in [6.45, 7) is 2.54. The van der Waals surface area contributed by atoms with Gasteiger partial charge in [0.25, 0.3) is 0 Å². The molecule has 0 aromatic heterocycles. The van der Waals surface area contributed by atoms with E-state index < -0.39 is 5.97 Å². The molecule has 0 bridgehead atoms. The van der Waals surface area contributed by atoms with E-state index in [2.05, 4.69) is 0 Å². The van der Waals surface area contributed by atoms with Crippen LogP contribution in [0.25, 0.3) is 0 Å². The van der Waals surface area contributed by atoms with Crippen molar-refractivity contribution in [2.45, 2.75) is 19.4 Å². The Balaban J connectivity index is 1.76. The maximum absolute atomic E-state index is 12.6. The maximum atomic E-state index is 12.6. The van der Waals surface area contributed by atoms with E-state index in [0.717, 1.165) is 25.0 Å². The fraction of sp³-hybridized carbons (Fsp3) is 0.500. The molecule has 6 nitrogen and oxygen atoms in total. The molecule has 2 aliphatic rings. The van der Waals surface area contributed by atoms with Gasteiger partial charge in [0, 0.05) is 18.7 Å². The number of amides is 1. The molecule has 6 heteroatoms. The molecule has 1 amide bonds. The molecule has 1 fully saturated rings. The second kappa shape index (κ2) is 6.36. The van der Waals surface area contributed by atoms with Crippen LogP contribution >= 0.6 is 0 Å². The van der Waals surface area contributed by atoms with Crippen LogP contribution in [-0.2, 0) is 16.1 Å². The first-order chi connectivity index (χ1) is 10.6. The van der Waals surface area contributed by atoms with Crippen molar-refractivity contribution in [3.63, 3.8) is 0 Å². The number of hydrogen-bond acceptors (Lipinski definition) is 4.